The number of hydrogen-bond acceptors (Lipinski definition) is 6. The first-order valence-electron chi connectivity index (χ1n) is 9.68. The fourth-order valence-corrected chi connectivity index (χ4v) is 3.20. The van der Waals surface area contributed by atoms with Crippen LogP contribution in [0.1, 0.15) is 31.1 Å². The lowest BCUT2D eigenvalue weighted by Crippen LogP contribution is -2.11. The molecule has 0 saturated carbocycles. The van der Waals surface area contributed by atoms with Gasteiger partial charge in [0.2, 0.25) is 11.5 Å². The Kier molecular flexibility index (Phi) is 6.90. The van der Waals surface area contributed by atoms with Crippen LogP contribution in [0, 0.1) is 0 Å². The van der Waals surface area contributed by atoms with E-state index in [1.165, 1.54) is 0 Å². The number of carbonyl (C=O) groups is 1. The van der Waals surface area contributed by atoms with Crippen LogP contribution >= 0.6 is 11.6 Å². The zero-order valence-electron chi connectivity index (χ0n) is 17.0. The molecule has 0 spiro atoms. The topological polar surface area (TPSA) is 74.2 Å². The first kappa shape index (κ1) is 21.6. The van der Waals surface area contributed by atoms with Crippen LogP contribution in [0.3, 0.4) is 0 Å². The molecular formula is C23H23ClO6. The smallest absolute Gasteiger partial charge is 0.343 e. The molecule has 3 aromatic rings. The van der Waals surface area contributed by atoms with Crippen LogP contribution in [-0.2, 0) is 0 Å². The van der Waals surface area contributed by atoms with E-state index in [2.05, 4.69) is 0 Å². The molecular weight excluding hydrogens is 408 g/mol. The molecule has 0 aliphatic rings. The van der Waals surface area contributed by atoms with Gasteiger partial charge in [0.15, 0.2) is 11.5 Å². The summed E-state index contributed by atoms with van der Waals surface area (Å²) < 4.78 is 22.5. The maximum atomic E-state index is 12.9. The van der Waals surface area contributed by atoms with Crippen molar-refractivity contribution in [3.63, 3.8) is 0 Å². The third kappa shape index (κ3) is 4.39. The largest absolute Gasteiger partial charge is 0.504 e. The second kappa shape index (κ2) is 9.59. The molecule has 158 valence electrons. The second-order valence-corrected chi connectivity index (χ2v) is 6.68. The minimum Gasteiger partial charge on any atom is -0.504 e. The number of hydrogen-bond donors (Lipinski definition) is 1. The van der Waals surface area contributed by atoms with Crippen molar-refractivity contribution < 1.29 is 28.8 Å². The lowest BCUT2D eigenvalue weighted by atomic mass is 10.1. The zero-order valence-corrected chi connectivity index (χ0v) is 17.8. The minimum atomic E-state index is -0.580. The molecule has 30 heavy (non-hydrogen) atoms. The summed E-state index contributed by atoms with van der Waals surface area (Å²) in [5.74, 6) is 0.368. The number of phenolic OH excluding ortho intramolecular Hbond substituents is 1. The van der Waals surface area contributed by atoms with Gasteiger partial charge in [-0.2, -0.15) is 0 Å². The highest BCUT2D eigenvalue weighted by atomic mass is 35.5. The summed E-state index contributed by atoms with van der Waals surface area (Å²) in [4.78, 5) is 12.9. The average molecular weight is 431 g/mol. The van der Waals surface area contributed by atoms with Crippen LogP contribution in [0.15, 0.2) is 42.5 Å². The maximum Gasteiger partial charge on any atom is 0.343 e. The molecule has 0 aromatic heterocycles. The molecule has 0 heterocycles. The van der Waals surface area contributed by atoms with Gasteiger partial charge < -0.3 is 24.1 Å². The molecule has 7 heteroatoms. The van der Waals surface area contributed by atoms with Gasteiger partial charge in [0.05, 0.1) is 25.4 Å². The van der Waals surface area contributed by atoms with E-state index in [9.17, 15) is 9.90 Å². The highest BCUT2D eigenvalue weighted by molar-refractivity contribution is 6.31. The second-order valence-electron chi connectivity index (χ2n) is 6.24. The van der Waals surface area contributed by atoms with Gasteiger partial charge in [0, 0.05) is 15.8 Å². The molecule has 6 nitrogen and oxygen atoms in total. The maximum absolute atomic E-state index is 12.9. The molecule has 0 amide bonds. The molecule has 0 unspecified atom stereocenters. The summed E-state index contributed by atoms with van der Waals surface area (Å²) in [6.07, 6.45) is 0. The standard InChI is InChI=1S/C23H23ClO6/c1-4-27-16-10-7-14(8-11-16)23(26)30-20-17-12-9-15(24)13-18(17)19(25)21(28-5-2)22(20)29-6-3/h7-13,25H,4-6H2,1-3H3. The molecule has 0 radical (unpaired) electrons. The van der Waals surface area contributed by atoms with Gasteiger partial charge in [-0.25, -0.2) is 4.79 Å². The molecule has 0 fully saturated rings. The third-order valence-electron chi connectivity index (χ3n) is 4.28. The number of halogens is 1. The van der Waals surface area contributed by atoms with Crippen LogP contribution < -0.4 is 18.9 Å². The highest BCUT2D eigenvalue weighted by Gasteiger charge is 2.25. The Morgan fingerprint density at radius 2 is 1.47 bits per heavy atom. The number of phenols is 1. The van der Waals surface area contributed by atoms with Crippen molar-refractivity contribution in [2.24, 2.45) is 0 Å². The molecule has 0 aliphatic heterocycles. The molecule has 0 atom stereocenters. The predicted molar refractivity (Wildman–Crippen MR) is 116 cm³/mol. The fraction of sp³-hybridized carbons (Fsp3) is 0.261. The first-order chi connectivity index (χ1) is 14.5. The van der Waals surface area contributed by atoms with Gasteiger partial charge in [-0.05, 0) is 63.2 Å². The van der Waals surface area contributed by atoms with Crippen LogP contribution in [0.25, 0.3) is 10.8 Å². The van der Waals surface area contributed by atoms with Crippen molar-refractivity contribution in [2.75, 3.05) is 19.8 Å². The Hall–Kier alpha value is -3.12. The lowest BCUT2D eigenvalue weighted by molar-refractivity contribution is 0.0730. The third-order valence-corrected chi connectivity index (χ3v) is 4.52. The molecule has 0 aliphatic carbocycles. The summed E-state index contributed by atoms with van der Waals surface area (Å²) >= 11 is 6.11. The quantitative estimate of drug-likeness (QED) is 0.369. The van der Waals surface area contributed by atoms with Crippen LogP contribution in [0.2, 0.25) is 5.02 Å². The molecule has 3 aromatic carbocycles. The van der Waals surface area contributed by atoms with E-state index in [4.69, 9.17) is 30.5 Å². The Bertz CT molecular complexity index is 1050. The van der Waals surface area contributed by atoms with Crippen molar-refractivity contribution in [3.8, 4) is 28.7 Å². The van der Waals surface area contributed by atoms with Crippen molar-refractivity contribution >= 4 is 28.3 Å². The summed E-state index contributed by atoms with van der Waals surface area (Å²) in [5.41, 5.74) is 0.342. The predicted octanol–water partition coefficient (Wildman–Crippen LogP) is 5.61. The summed E-state index contributed by atoms with van der Waals surface area (Å²) in [6.45, 7) is 6.55. The van der Waals surface area contributed by atoms with Gasteiger partial charge >= 0.3 is 5.97 Å². The van der Waals surface area contributed by atoms with E-state index >= 15 is 0 Å². The average Bonchev–Trinajstić information content (AvgIpc) is 2.74. The van der Waals surface area contributed by atoms with Gasteiger partial charge in [-0.15, -0.1) is 0 Å². The number of ether oxygens (including phenoxy) is 4. The van der Waals surface area contributed by atoms with Gasteiger partial charge in [-0.3, -0.25) is 0 Å². The summed E-state index contributed by atoms with van der Waals surface area (Å²) in [5, 5.41) is 12.0. The van der Waals surface area contributed by atoms with E-state index in [0.717, 1.165) is 0 Å². The van der Waals surface area contributed by atoms with Gasteiger partial charge in [0.1, 0.15) is 5.75 Å². The number of rotatable bonds is 8. The van der Waals surface area contributed by atoms with Crippen LogP contribution in [-0.4, -0.2) is 30.9 Å². The molecule has 3 rings (SSSR count). The van der Waals surface area contributed by atoms with E-state index in [1.54, 1.807) is 56.3 Å². The number of esters is 1. The summed E-state index contributed by atoms with van der Waals surface area (Å²) in [7, 11) is 0. The molecule has 1 N–H and O–H groups in total. The minimum absolute atomic E-state index is 0.101. The first-order valence-corrected chi connectivity index (χ1v) is 10.1. The Morgan fingerprint density at radius 3 is 2.10 bits per heavy atom. The normalized spacial score (nSPS) is 10.7. The van der Waals surface area contributed by atoms with E-state index in [1.807, 2.05) is 6.92 Å². The monoisotopic (exact) mass is 430 g/mol. The van der Waals surface area contributed by atoms with Gasteiger partial charge in [-0.1, -0.05) is 11.6 Å². The van der Waals surface area contributed by atoms with Gasteiger partial charge in [0.25, 0.3) is 0 Å². The van der Waals surface area contributed by atoms with Crippen molar-refractivity contribution in [1.29, 1.82) is 0 Å². The lowest BCUT2D eigenvalue weighted by Gasteiger charge is -2.19. The Morgan fingerprint density at radius 1 is 0.833 bits per heavy atom. The summed E-state index contributed by atoms with van der Waals surface area (Å²) in [6, 6.07) is 11.5. The number of fused-ring (bicyclic) bond motifs is 1. The highest BCUT2D eigenvalue weighted by Crippen LogP contribution is 2.51. The van der Waals surface area contributed by atoms with E-state index in [0.29, 0.717) is 33.7 Å². The molecule has 0 saturated heterocycles. The SMILES string of the molecule is CCOc1ccc(C(=O)Oc2c(OCC)c(OCC)c(O)c3cc(Cl)ccc23)cc1. The van der Waals surface area contributed by atoms with Crippen molar-refractivity contribution in [2.45, 2.75) is 20.8 Å². The Balaban J connectivity index is 2.11. The van der Waals surface area contributed by atoms with Crippen LogP contribution in [0.5, 0.6) is 28.7 Å². The fourth-order valence-electron chi connectivity index (χ4n) is 3.03. The van der Waals surface area contributed by atoms with Crippen molar-refractivity contribution in [1.82, 2.24) is 0 Å². The Labute approximate surface area is 179 Å². The van der Waals surface area contributed by atoms with E-state index in [-0.39, 0.29) is 36.2 Å². The van der Waals surface area contributed by atoms with E-state index < -0.39 is 5.97 Å². The van der Waals surface area contributed by atoms with Crippen LogP contribution in [0.4, 0.5) is 0 Å². The zero-order chi connectivity index (χ0) is 21.7. The number of benzene rings is 3. The van der Waals surface area contributed by atoms with Crippen molar-refractivity contribution in [3.05, 3.63) is 53.1 Å². The number of carbonyl (C=O) groups excluding carboxylic acids is 1. The molecule has 0 bridgehead atoms. The number of aromatic hydroxyl groups is 1.